The van der Waals surface area contributed by atoms with Gasteiger partial charge in [-0.05, 0) is 83.5 Å². The summed E-state index contributed by atoms with van der Waals surface area (Å²) in [4.78, 5) is 38.3. The Balaban J connectivity index is 4.37. The zero-order valence-electron chi connectivity index (χ0n) is 48.9. The Morgan fingerprint density at radius 2 is 0.493 bits per heavy atom. The zero-order valence-corrected chi connectivity index (χ0v) is 48.9. The molecule has 0 N–H and O–H groups in total. The summed E-state index contributed by atoms with van der Waals surface area (Å²) in [5.41, 5.74) is 0. The van der Waals surface area contributed by atoms with Crippen LogP contribution in [0.25, 0.3) is 0 Å². The van der Waals surface area contributed by atoms with Crippen LogP contribution in [0.3, 0.4) is 0 Å². The van der Waals surface area contributed by atoms with Crippen molar-refractivity contribution in [3.63, 3.8) is 0 Å². The second kappa shape index (κ2) is 61.9. The lowest BCUT2D eigenvalue weighted by Crippen LogP contribution is -2.30. The van der Waals surface area contributed by atoms with Crippen molar-refractivity contribution in [1.82, 2.24) is 0 Å². The number of hydrogen-bond donors (Lipinski definition) is 0. The van der Waals surface area contributed by atoms with Gasteiger partial charge in [-0.15, -0.1) is 0 Å². The average Bonchev–Trinajstić information content (AvgIpc) is 3.39. The van der Waals surface area contributed by atoms with Crippen LogP contribution in [0.2, 0.25) is 0 Å². The highest BCUT2D eigenvalue weighted by atomic mass is 16.6. The van der Waals surface area contributed by atoms with Crippen molar-refractivity contribution in [2.45, 2.75) is 348 Å². The predicted molar refractivity (Wildman–Crippen MR) is 316 cm³/mol. The molecule has 0 aromatic heterocycles. The van der Waals surface area contributed by atoms with E-state index in [0.717, 1.165) is 83.5 Å². The van der Waals surface area contributed by atoms with Crippen molar-refractivity contribution in [2.75, 3.05) is 13.2 Å². The highest BCUT2D eigenvalue weighted by Crippen LogP contribution is 2.17. The summed E-state index contributed by atoms with van der Waals surface area (Å²) in [6, 6.07) is 0. The fourth-order valence-electron chi connectivity index (χ4n) is 9.45. The van der Waals surface area contributed by atoms with Gasteiger partial charge in [-0.1, -0.05) is 288 Å². The molecule has 73 heavy (non-hydrogen) atoms. The van der Waals surface area contributed by atoms with Gasteiger partial charge in [-0.3, -0.25) is 14.4 Å². The molecule has 0 heterocycles. The van der Waals surface area contributed by atoms with E-state index in [1.165, 1.54) is 218 Å². The van der Waals surface area contributed by atoms with E-state index in [1.54, 1.807) is 0 Å². The first-order valence-electron chi connectivity index (χ1n) is 32.1. The topological polar surface area (TPSA) is 78.9 Å². The van der Waals surface area contributed by atoms with Crippen molar-refractivity contribution < 1.29 is 28.6 Å². The first-order valence-corrected chi connectivity index (χ1v) is 32.1. The Morgan fingerprint density at radius 3 is 0.781 bits per heavy atom. The van der Waals surface area contributed by atoms with Gasteiger partial charge in [-0.2, -0.15) is 0 Å². The number of unbranched alkanes of at least 4 members (excludes halogenated alkanes) is 40. The standard InChI is InChI=1S/C67H122O6/c1-4-7-10-13-16-19-22-25-28-31-33-34-35-37-39-42-45-48-51-54-57-60-66(69)72-63-64(62-71-65(68)59-56-53-50-47-44-41-38-30-27-24-21-18-15-12-9-6-3)73-67(70)61-58-55-52-49-46-43-40-36-32-29-26-23-20-17-14-11-8-5-2/h22,25,30-31,33,35,37-38,64H,4-21,23-24,26-29,32,34,36,39-63H2,1-3H3/b25-22-,33-31-,37-35-,38-30-. The van der Waals surface area contributed by atoms with E-state index in [4.69, 9.17) is 14.2 Å². The first kappa shape index (κ1) is 70.4. The Morgan fingerprint density at radius 1 is 0.274 bits per heavy atom. The maximum atomic E-state index is 12.9. The highest BCUT2D eigenvalue weighted by molar-refractivity contribution is 5.71. The molecule has 1 atom stereocenters. The predicted octanol–water partition coefficient (Wildman–Crippen LogP) is 21.8. The van der Waals surface area contributed by atoms with E-state index >= 15 is 0 Å². The van der Waals surface area contributed by atoms with E-state index in [2.05, 4.69) is 69.4 Å². The van der Waals surface area contributed by atoms with Crippen LogP contribution in [0.1, 0.15) is 342 Å². The molecule has 0 bridgehead atoms. The van der Waals surface area contributed by atoms with Crippen LogP contribution in [-0.4, -0.2) is 37.2 Å². The van der Waals surface area contributed by atoms with Gasteiger partial charge in [0.15, 0.2) is 6.10 Å². The summed E-state index contributed by atoms with van der Waals surface area (Å²) >= 11 is 0. The molecule has 0 spiro atoms. The number of hydrogen-bond acceptors (Lipinski definition) is 6. The molecule has 0 radical (unpaired) electrons. The van der Waals surface area contributed by atoms with Crippen LogP contribution < -0.4 is 0 Å². The molecule has 6 heteroatoms. The minimum Gasteiger partial charge on any atom is -0.462 e. The number of carbonyl (C=O) groups excluding carboxylic acids is 3. The van der Waals surface area contributed by atoms with Crippen LogP contribution in [-0.2, 0) is 28.6 Å². The number of esters is 3. The van der Waals surface area contributed by atoms with Gasteiger partial charge in [0, 0.05) is 19.3 Å². The summed E-state index contributed by atoms with van der Waals surface area (Å²) < 4.78 is 16.9. The summed E-state index contributed by atoms with van der Waals surface area (Å²) in [5.74, 6) is -0.877. The van der Waals surface area contributed by atoms with Crippen molar-refractivity contribution in [3.8, 4) is 0 Å². The molecule has 0 fully saturated rings. The molecule has 0 saturated carbocycles. The van der Waals surface area contributed by atoms with Gasteiger partial charge in [0.2, 0.25) is 0 Å². The lowest BCUT2D eigenvalue weighted by atomic mass is 10.0. The zero-order chi connectivity index (χ0) is 52.9. The molecule has 0 aliphatic rings. The SMILES string of the molecule is CCCCCCC/C=C\C/C=C\C/C=C\CCCCCCCCC(=O)OCC(COC(=O)CCCCCCC/C=C\CCCCCCCCC)OC(=O)CCCCCCCCCCCCCCCCCCCC. The summed E-state index contributed by atoms with van der Waals surface area (Å²) in [5, 5.41) is 0. The summed E-state index contributed by atoms with van der Waals surface area (Å²) in [6.07, 6.45) is 76.8. The smallest absolute Gasteiger partial charge is 0.306 e. The quantitative estimate of drug-likeness (QED) is 0.0261. The van der Waals surface area contributed by atoms with Crippen molar-refractivity contribution in [1.29, 1.82) is 0 Å². The van der Waals surface area contributed by atoms with Gasteiger partial charge in [0.1, 0.15) is 13.2 Å². The van der Waals surface area contributed by atoms with Crippen molar-refractivity contribution >= 4 is 17.9 Å². The van der Waals surface area contributed by atoms with Crippen LogP contribution >= 0.6 is 0 Å². The molecule has 0 saturated heterocycles. The molecule has 0 aliphatic heterocycles. The lowest BCUT2D eigenvalue weighted by Gasteiger charge is -2.18. The highest BCUT2D eigenvalue weighted by Gasteiger charge is 2.19. The molecule has 0 amide bonds. The van der Waals surface area contributed by atoms with Gasteiger partial charge >= 0.3 is 17.9 Å². The van der Waals surface area contributed by atoms with Gasteiger partial charge in [-0.25, -0.2) is 0 Å². The lowest BCUT2D eigenvalue weighted by molar-refractivity contribution is -0.167. The minimum atomic E-state index is -0.781. The molecule has 1 unspecified atom stereocenters. The van der Waals surface area contributed by atoms with E-state index in [0.29, 0.717) is 19.3 Å². The van der Waals surface area contributed by atoms with Gasteiger partial charge in [0.05, 0.1) is 0 Å². The number of ether oxygens (including phenoxy) is 3. The molecule has 0 rings (SSSR count). The maximum absolute atomic E-state index is 12.9. The Labute approximate surface area is 454 Å². The fraction of sp³-hybridized carbons (Fsp3) is 0.836. The third-order valence-corrected chi connectivity index (χ3v) is 14.3. The van der Waals surface area contributed by atoms with Crippen molar-refractivity contribution in [2.24, 2.45) is 0 Å². The minimum absolute atomic E-state index is 0.0784. The second-order valence-corrected chi connectivity index (χ2v) is 21.7. The molecular formula is C67H122O6. The second-order valence-electron chi connectivity index (χ2n) is 21.7. The summed E-state index contributed by atoms with van der Waals surface area (Å²) in [6.45, 7) is 6.66. The third kappa shape index (κ3) is 60.1. The molecular weight excluding hydrogens is 901 g/mol. The Hall–Kier alpha value is -2.63. The van der Waals surface area contributed by atoms with Crippen LogP contribution in [0, 0.1) is 0 Å². The Kier molecular flexibility index (Phi) is 59.7. The largest absolute Gasteiger partial charge is 0.462 e. The molecule has 0 aromatic rings. The Bertz CT molecular complexity index is 1270. The fourth-order valence-corrected chi connectivity index (χ4v) is 9.45. The number of rotatable bonds is 59. The number of allylic oxidation sites excluding steroid dienone is 8. The van der Waals surface area contributed by atoms with Crippen LogP contribution in [0.5, 0.6) is 0 Å². The third-order valence-electron chi connectivity index (χ3n) is 14.3. The normalized spacial score (nSPS) is 12.3. The van der Waals surface area contributed by atoms with Crippen molar-refractivity contribution in [3.05, 3.63) is 48.6 Å². The molecule has 426 valence electrons. The van der Waals surface area contributed by atoms with Gasteiger partial charge in [0.25, 0.3) is 0 Å². The molecule has 0 aromatic carbocycles. The summed E-state index contributed by atoms with van der Waals surface area (Å²) in [7, 11) is 0. The van der Waals surface area contributed by atoms with Crippen LogP contribution in [0.15, 0.2) is 48.6 Å². The van der Waals surface area contributed by atoms with E-state index in [1.807, 2.05) is 0 Å². The monoisotopic (exact) mass is 1020 g/mol. The molecule has 0 aliphatic carbocycles. The molecule has 6 nitrogen and oxygen atoms in total. The average molecular weight is 1020 g/mol. The van der Waals surface area contributed by atoms with E-state index in [9.17, 15) is 14.4 Å². The first-order chi connectivity index (χ1) is 36.0. The van der Waals surface area contributed by atoms with E-state index < -0.39 is 6.10 Å². The van der Waals surface area contributed by atoms with E-state index in [-0.39, 0.29) is 31.1 Å². The maximum Gasteiger partial charge on any atom is 0.306 e. The van der Waals surface area contributed by atoms with Gasteiger partial charge < -0.3 is 14.2 Å². The van der Waals surface area contributed by atoms with Crippen LogP contribution in [0.4, 0.5) is 0 Å². The number of carbonyl (C=O) groups is 3.